The summed E-state index contributed by atoms with van der Waals surface area (Å²) < 4.78 is 4.51. The third kappa shape index (κ3) is 2.16. The van der Waals surface area contributed by atoms with Gasteiger partial charge in [-0.1, -0.05) is 36.4 Å². The van der Waals surface area contributed by atoms with Gasteiger partial charge in [-0.2, -0.15) is 0 Å². The van der Waals surface area contributed by atoms with Gasteiger partial charge < -0.3 is 4.57 Å². The Morgan fingerprint density at radius 1 is 0.500 bits per heavy atom. The standard InChI is InChI=1S/C29H17N5/c1-2-8-18(9-3-1)33-23-13-5-4-10-19(23)20-14-15-24-26(27(20)33)32-29-22-12-6-16-30-25(22)21-11-7-17-31-28(21)34(24)29/h1-17H. The highest BCUT2D eigenvalue weighted by molar-refractivity contribution is 6.19. The van der Waals surface area contributed by atoms with Crippen molar-refractivity contribution in [3.8, 4) is 5.69 Å². The van der Waals surface area contributed by atoms with Gasteiger partial charge in [-0.05, 0) is 54.6 Å². The highest BCUT2D eigenvalue weighted by atomic mass is 15.1. The predicted molar refractivity (Wildman–Crippen MR) is 138 cm³/mol. The third-order valence-corrected chi connectivity index (χ3v) is 6.78. The lowest BCUT2D eigenvalue weighted by Gasteiger charge is -2.08. The number of fused-ring (bicyclic) bond motifs is 12. The monoisotopic (exact) mass is 435 g/mol. The molecule has 34 heavy (non-hydrogen) atoms. The van der Waals surface area contributed by atoms with E-state index < -0.39 is 0 Å². The Labute approximate surface area is 193 Å². The number of pyridine rings is 3. The molecule has 0 aliphatic rings. The molecule has 5 nitrogen and oxygen atoms in total. The van der Waals surface area contributed by atoms with Crippen molar-refractivity contribution in [2.45, 2.75) is 0 Å². The van der Waals surface area contributed by atoms with Gasteiger partial charge in [0.2, 0.25) is 0 Å². The Balaban J connectivity index is 1.69. The molecule has 0 saturated heterocycles. The summed E-state index contributed by atoms with van der Waals surface area (Å²) in [6.45, 7) is 0. The van der Waals surface area contributed by atoms with E-state index in [0.717, 1.165) is 49.8 Å². The average Bonchev–Trinajstić information content (AvgIpc) is 3.46. The summed E-state index contributed by atoms with van der Waals surface area (Å²) in [5.74, 6) is 0. The molecule has 0 bridgehead atoms. The molecule has 8 rings (SSSR count). The van der Waals surface area contributed by atoms with Crippen LogP contribution in [0.5, 0.6) is 0 Å². The molecule has 0 unspecified atom stereocenters. The van der Waals surface area contributed by atoms with Crippen molar-refractivity contribution in [1.29, 1.82) is 0 Å². The van der Waals surface area contributed by atoms with Crippen molar-refractivity contribution < 1.29 is 0 Å². The van der Waals surface area contributed by atoms with Crippen molar-refractivity contribution in [2.24, 2.45) is 0 Å². The summed E-state index contributed by atoms with van der Waals surface area (Å²) >= 11 is 0. The molecule has 0 aliphatic heterocycles. The zero-order valence-electron chi connectivity index (χ0n) is 18.1. The maximum Gasteiger partial charge on any atom is 0.149 e. The van der Waals surface area contributed by atoms with E-state index in [0.29, 0.717) is 0 Å². The Bertz CT molecular complexity index is 2070. The smallest absolute Gasteiger partial charge is 0.149 e. The first kappa shape index (κ1) is 17.7. The number of aromatic nitrogens is 5. The Hall–Kier alpha value is -4.77. The van der Waals surface area contributed by atoms with Gasteiger partial charge in [-0.25, -0.2) is 9.97 Å². The van der Waals surface area contributed by atoms with Gasteiger partial charge in [0.05, 0.1) is 22.1 Å². The van der Waals surface area contributed by atoms with Crippen LogP contribution in [0.25, 0.3) is 66.1 Å². The fourth-order valence-corrected chi connectivity index (χ4v) is 5.39. The van der Waals surface area contributed by atoms with Crippen LogP contribution in [0, 0.1) is 0 Å². The molecule has 3 aromatic carbocycles. The molecule has 0 spiro atoms. The highest BCUT2D eigenvalue weighted by Gasteiger charge is 2.20. The Morgan fingerprint density at radius 3 is 2.12 bits per heavy atom. The highest BCUT2D eigenvalue weighted by Crippen LogP contribution is 2.38. The molecule has 0 radical (unpaired) electrons. The first-order valence-electron chi connectivity index (χ1n) is 11.3. The van der Waals surface area contributed by atoms with Crippen LogP contribution < -0.4 is 0 Å². The Morgan fingerprint density at radius 2 is 1.24 bits per heavy atom. The SMILES string of the molecule is c1ccc(-n2c3ccccc3c3ccc4c(nc5c6cccnc6c6cccnc6n45)c32)cc1. The number of hydrogen-bond donors (Lipinski definition) is 0. The van der Waals surface area contributed by atoms with Crippen LogP contribution in [0.2, 0.25) is 0 Å². The third-order valence-electron chi connectivity index (χ3n) is 6.78. The van der Waals surface area contributed by atoms with Crippen LogP contribution in [-0.2, 0) is 0 Å². The molecule has 5 aromatic heterocycles. The van der Waals surface area contributed by atoms with Crippen molar-refractivity contribution in [1.82, 2.24) is 23.9 Å². The van der Waals surface area contributed by atoms with Gasteiger partial charge in [-0.3, -0.25) is 9.38 Å². The van der Waals surface area contributed by atoms with Crippen molar-refractivity contribution in [3.05, 3.63) is 103 Å². The molecule has 0 aliphatic carbocycles. The zero-order valence-corrected chi connectivity index (χ0v) is 18.1. The lowest BCUT2D eigenvalue weighted by molar-refractivity contribution is 1.18. The van der Waals surface area contributed by atoms with E-state index in [1.807, 2.05) is 24.5 Å². The molecule has 0 fully saturated rings. The number of rotatable bonds is 1. The van der Waals surface area contributed by atoms with Crippen molar-refractivity contribution in [2.75, 3.05) is 0 Å². The summed E-state index contributed by atoms with van der Waals surface area (Å²) in [6, 6.07) is 31.6. The van der Waals surface area contributed by atoms with E-state index >= 15 is 0 Å². The van der Waals surface area contributed by atoms with E-state index in [4.69, 9.17) is 15.0 Å². The minimum atomic E-state index is 0.868. The van der Waals surface area contributed by atoms with Crippen LogP contribution in [-0.4, -0.2) is 23.9 Å². The van der Waals surface area contributed by atoms with Crippen LogP contribution in [0.15, 0.2) is 103 Å². The lowest BCUT2D eigenvalue weighted by Crippen LogP contribution is -1.95. The van der Waals surface area contributed by atoms with Gasteiger partial charge in [0.25, 0.3) is 0 Å². The second kappa shape index (κ2) is 6.39. The first-order valence-corrected chi connectivity index (χ1v) is 11.3. The van der Waals surface area contributed by atoms with Crippen LogP contribution >= 0.6 is 0 Å². The number of benzene rings is 3. The molecule has 5 heterocycles. The first-order chi connectivity index (χ1) is 16.9. The summed E-state index contributed by atoms with van der Waals surface area (Å²) in [7, 11) is 0. The topological polar surface area (TPSA) is 48.0 Å². The fourth-order valence-electron chi connectivity index (χ4n) is 5.39. The second-order valence-electron chi connectivity index (χ2n) is 8.56. The number of hydrogen-bond acceptors (Lipinski definition) is 3. The van der Waals surface area contributed by atoms with E-state index in [1.165, 1.54) is 16.3 Å². The Kier molecular flexibility index (Phi) is 3.34. The summed E-state index contributed by atoms with van der Waals surface area (Å²) in [5, 5.41) is 4.45. The normalized spacial score (nSPS) is 12.1. The van der Waals surface area contributed by atoms with Crippen LogP contribution in [0.1, 0.15) is 0 Å². The van der Waals surface area contributed by atoms with Gasteiger partial charge in [0.15, 0.2) is 0 Å². The van der Waals surface area contributed by atoms with Gasteiger partial charge in [-0.15, -0.1) is 0 Å². The summed E-state index contributed by atoms with van der Waals surface area (Å²) in [6.07, 6.45) is 3.67. The van der Waals surface area contributed by atoms with E-state index in [9.17, 15) is 0 Å². The van der Waals surface area contributed by atoms with Crippen molar-refractivity contribution in [3.63, 3.8) is 0 Å². The zero-order chi connectivity index (χ0) is 22.2. The van der Waals surface area contributed by atoms with Gasteiger partial charge in [0, 0.05) is 39.6 Å². The minimum Gasteiger partial charge on any atom is -0.307 e. The molecule has 158 valence electrons. The molecule has 0 amide bonds. The molecule has 5 heteroatoms. The lowest BCUT2D eigenvalue weighted by atomic mass is 10.1. The van der Waals surface area contributed by atoms with Crippen molar-refractivity contribution >= 4 is 60.4 Å². The molecule has 0 N–H and O–H groups in total. The quantitative estimate of drug-likeness (QED) is 0.270. The van der Waals surface area contributed by atoms with Gasteiger partial charge >= 0.3 is 0 Å². The maximum atomic E-state index is 5.27. The number of para-hydroxylation sites is 2. The number of nitrogens with zero attached hydrogens (tertiary/aromatic N) is 5. The maximum absolute atomic E-state index is 5.27. The fraction of sp³-hybridized carbons (Fsp3) is 0. The van der Waals surface area contributed by atoms with Crippen LogP contribution in [0.4, 0.5) is 0 Å². The molecular formula is C29H17N5. The van der Waals surface area contributed by atoms with E-state index in [1.54, 1.807) is 0 Å². The summed E-state index contributed by atoms with van der Waals surface area (Å²) in [5.41, 5.74) is 8.06. The minimum absolute atomic E-state index is 0.868. The summed E-state index contributed by atoms with van der Waals surface area (Å²) in [4.78, 5) is 14.7. The largest absolute Gasteiger partial charge is 0.307 e. The molecular weight excluding hydrogens is 418 g/mol. The second-order valence-corrected chi connectivity index (χ2v) is 8.56. The predicted octanol–water partition coefficient (Wildman–Crippen LogP) is 6.68. The molecule has 0 atom stereocenters. The number of imidazole rings is 1. The van der Waals surface area contributed by atoms with Gasteiger partial charge in [0.1, 0.15) is 16.8 Å². The van der Waals surface area contributed by atoms with Crippen LogP contribution in [0.3, 0.4) is 0 Å². The molecule has 8 aromatic rings. The van der Waals surface area contributed by atoms with E-state index in [-0.39, 0.29) is 0 Å². The molecule has 0 saturated carbocycles. The average molecular weight is 435 g/mol. The van der Waals surface area contributed by atoms with E-state index in [2.05, 4.69) is 87.8 Å².